The molecule has 0 saturated carbocycles. The SMILES string of the molecule is COc1ccc(-n2nnc(C(C)C)n2)cc1/C=C/CCCc1nnc(C(C)C)o1. The molecule has 0 bridgehead atoms. The van der Waals surface area contributed by atoms with Crippen molar-refractivity contribution in [3.8, 4) is 11.4 Å². The zero-order valence-corrected chi connectivity index (χ0v) is 17.7. The van der Waals surface area contributed by atoms with Crippen LogP contribution in [0.3, 0.4) is 0 Å². The third-order valence-electron chi connectivity index (χ3n) is 4.42. The molecule has 8 nitrogen and oxygen atoms in total. The molecule has 2 heterocycles. The Balaban J connectivity index is 1.63. The second-order valence-corrected chi connectivity index (χ2v) is 7.50. The van der Waals surface area contributed by atoms with Gasteiger partial charge in [0.2, 0.25) is 11.8 Å². The second-order valence-electron chi connectivity index (χ2n) is 7.50. The van der Waals surface area contributed by atoms with E-state index in [0.717, 1.165) is 42.1 Å². The van der Waals surface area contributed by atoms with Crippen molar-refractivity contribution in [3.05, 3.63) is 47.4 Å². The molecule has 0 aliphatic heterocycles. The predicted molar refractivity (Wildman–Crippen MR) is 110 cm³/mol. The van der Waals surface area contributed by atoms with Crippen LogP contribution in [0.4, 0.5) is 0 Å². The van der Waals surface area contributed by atoms with Crippen LogP contribution in [-0.4, -0.2) is 37.5 Å². The zero-order valence-electron chi connectivity index (χ0n) is 17.7. The van der Waals surface area contributed by atoms with Gasteiger partial charge in [0, 0.05) is 23.8 Å². The van der Waals surface area contributed by atoms with Gasteiger partial charge in [0.15, 0.2) is 5.82 Å². The summed E-state index contributed by atoms with van der Waals surface area (Å²) in [5.41, 5.74) is 1.81. The van der Waals surface area contributed by atoms with Gasteiger partial charge < -0.3 is 9.15 Å². The average molecular weight is 396 g/mol. The van der Waals surface area contributed by atoms with E-state index in [1.54, 1.807) is 11.9 Å². The van der Waals surface area contributed by atoms with Gasteiger partial charge in [0.25, 0.3) is 0 Å². The summed E-state index contributed by atoms with van der Waals surface area (Å²) in [5.74, 6) is 3.40. The number of tetrazole rings is 1. The molecule has 0 fully saturated rings. The highest BCUT2D eigenvalue weighted by atomic mass is 16.5. The molecule has 3 rings (SSSR count). The minimum atomic E-state index is 0.233. The van der Waals surface area contributed by atoms with Crippen LogP contribution in [0.15, 0.2) is 28.7 Å². The number of methoxy groups -OCH3 is 1. The molecular formula is C21H28N6O2. The van der Waals surface area contributed by atoms with Crippen molar-refractivity contribution in [2.75, 3.05) is 7.11 Å². The molecule has 0 aliphatic rings. The Hall–Kier alpha value is -3.03. The third kappa shape index (κ3) is 5.28. The molecule has 2 aromatic heterocycles. The fourth-order valence-corrected chi connectivity index (χ4v) is 2.72. The van der Waals surface area contributed by atoms with Crippen LogP contribution in [-0.2, 0) is 6.42 Å². The normalized spacial score (nSPS) is 11.8. The van der Waals surface area contributed by atoms with Gasteiger partial charge in [0.05, 0.1) is 12.8 Å². The minimum Gasteiger partial charge on any atom is -0.496 e. The summed E-state index contributed by atoms with van der Waals surface area (Å²) in [7, 11) is 1.67. The lowest BCUT2D eigenvalue weighted by Gasteiger charge is -2.07. The summed E-state index contributed by atoms with van der Waals surface area (Å²) >= 11 is 0. The van der Waals surface area contributed by atoms with Gasteiger partial charge in [-0.15, -0.1) is 25.2 Å². The van der Waals surface area contributed by atoms with E-state index in [9.17, 15) is 0 Å². The van der Waals surface area contributed by atoms with Gasteiger partial charge >= 0.3 is 0 Å². The maximum absolute atomic E-state index is 5.64. The predicted octanol–water partition coefficient (Wildman–Crippen LogP) is 4.34. The summed E-state index contributed by atoms with van der Waals surface area (Å²) in [6, 6.07) is 5.83. The van der Waals surface area contributed by atoms with Crippen LogP contribution in [0.1, 0.15) is 75.5 Å². The molecule has 0 atom stereocenters. The van der Waals surface area contributed by atoms with Crippen LogP contribution < -0.4 is 4.74 Å². The third-order valence-corrected chi connectivity index (χ3v) is 4.42. The lowest BCUT2D eigenvalue weighted by molar-refractivity contribution is 0.413. The van der Waals surface area contributed by atoms with Gasteiger partial charge in [0.1, 0.15) is 5.75 Å². The monoisotopic (exact) mass is 396 g/mol. The van der Waals surface area contributed by atoms with Crippen LogP contribution in [0.2, 0.25) is 0 Å². The summed E-state index contributed by atoms with van der Waals surface area (Å²) in [6.07, 6.45) is 6.76. The van der Waals surface area contributed by atoms with E-state index in [-0.39, 0.29) is 11.8 Å². The number of nitrogens with zero attached hydrogens (tertiary/aromatic N) is 6. The van der Waals surface area contributed by atoms with E-state index in [4.69, 9.17) is 9.15 Å². The summed E-state index contributed by atoms with van der Waals surface area (Å²) in [5, 5.41) is 20.9. The topological polar surface area (TPSA) is 91.8 Å². The van der Waals surface area contributed by atoms with Crippen LogP contribution in [0.5, 0.6) is 5.75 Å². The molecule has 0 radical (unpaired) electrons. The van der Waals surface area contributed by atoms with Crippen LogP contribution >= 0.6 is 0 Å². The smallest absolute Gasteiger partial charge is 0.219 e. The van der Waals surface area contributed by atoms with E-state index in [2.05, 4.69) is 37.8 Å². The number of ether oxygens (including phenoxy) is 1. The van der Waals surface area contributed by atoms with Crippen molar-refractivity contribution in [1.29, 1.82) is 0 Å². The largest absolute Gasteiger partial charge is 0.496 e. The van der Waals surface area contributed by atoms with Gasteiger partial charge in [-0.1, -0.05) is 39.8 Å². The van der Waals surface area contributed by atoms with Gasteiger partial charge in [-0.05, 0) is 36.3 Å². The average Bonchev–Trinajstić information content (AvgIpc) is 3.37. The molecule has 0 aliphatic carbocycles. The number of rotatable bonds is 9. The first-order valence-corrected chi connectivity index (χ1v) is 9.95. The second kappa shape index (κ2) is 9.45. The maximum atomic E-state index is 5.64. The van der Waals surface area contributed by atoms with Crippen molar-refractivity contribution >= 4 is 6.08 Å². The lowest BCUT2D eigenvalue weighted by atomic mass is 10.1. The standard InChI is InChI=1S/C21H28N6O2/c1-14(2)20-23-26-27(25-20)17-11-12-18(28-5)16(13-17)9-7-6-8-10-19-22-24-21(29-19)15(3)4/h7,9,11-15H,6,8,10H2,1-5H3/b9-7+. The molecular weight excluding hydrogens is 368 g/mol. The first kappa shape index (κ1) is 20.7. The Labute approximate surface area is 171 Å². The summed E-state index contributed by atoms with van der Waals surface area (Å²) in [6.45, 7) is 8.17. The molecule has 154 valence electrons. The first-order chi connectivity index (χ1) is 14.0. The van der Waals surface area contributed by atoms with E-state index in [1.165, 1.54) is 0 Å². The quantitative estimate of drug-likeness (QED) is 0.497. The van der Waals surface area contributed by atoms with Crippen molar-refractivity contribution in [1.82, 2.24) is 30.4 Å². The molecule has 8 heteroatoms. The first-order valence-electron chi connectivity index (χ1n) is 9.95. The molecule has 29 heavy (non-hydrogen) atoms. The molecule has 0 saturated heterocycles. The van der Waals surface area contributed by atoms with E-state index in [1.807, 2.05) is 45.9 Å². The fourth-order valence-electron chi connectivity index (χ4n) is 2.72. The van der Waals surface area contributed by atoms with Crippen LogP contribution in [0, 0.1) is 0 Å². The number of aryl methyl sites for hydroxylation is 1. The number of allylic oxidation sites excluding steroid dienone is 1. The Kier molecular flexibility index (Phi) is 6.74. The number of unbranched alkanes of at least 4 members (excludes halogenated alkanes) is 1. The van der Waals surface area contributed by atoms with E-state index >= 15 is 0 Å². The zero-order chi connectivity index (χ0) is 20.8. The highest BCUT2D eigenvalue weighted by Crippen LogP contribution is 2.23. The van der Waals surface area contributed by atoms with Crippen molar-refractivity contribution in [2.45, 2.75) is 58.8 Å². The summed E-state index contributed by atoms with van der Waals surface area (Å²) in [4.78, 5) is 1.55. The Bertz CT molecular complexity index is 958. The number of hydrogen-bond acceptors (Lipinski definition) is 7. The molecule has 1 aromatic carbocycles. The molecule has 0 N–H and O–H groups in total. The van der Waals surface area contributed by atoms with Crippen LogP contribution in [0.25, 0.3) is 11.8 Å². The fraction of sp³-hybridized carbons (Fsp3) is 0.476. The minimum absolute atomic E-state index is 0.233. The molecule has 0 spiro atoms. The van der Waals surface area contributed by atoms with Gasteiger partial charge in [-0.25, -0.2) is 0 Å². The molecule has 0 unspecified atom stereocenters. The highest BCUT2D eigenvalue weighted by Gasteiger charge is 2.11. The molecule has 3 aromatic rings. The highest BCUT2D eigenvalue weighted by molar-refractivity contribution is 5.60. The Morgan fingerprint density at radius 1 is 1.10 bits per heavy atom. The molecule has 0 amide bonds. The maximum Gasteiger partial charge on any atom is 0.219 e. The number of benzene rings is 1. The van der Waals surface area contributed by atoms with Crippen molar-refractivity contribution in [2.24, 2.45) is 0 Å². The van der Waals surface area contributed by atoms with E-state index in [0.29, 0.717) is 11.8 Å². The van der Waals surface area contributed by atoms with Crippen molar-refractivity contribution in [3.63, 3.8) is 0 Å². The van der Waals surface area contributed by atoms with E-state index < -0.39 is 0 Å². The Morgan fingerprint density at radius 2 is 1.93 bits per heavy atom. The Morgan fingerprint density at radius 3 is 2.59 bits per heavy atom. The number of hydrogen-bond donors (Lipinski definition) is 0. The lowest BCUT2D eigenvalue weighted by Crippen LogP contribution is -2.01. The summed E-state index contributed by atoms with van der Waals surface area (Å²) < 4.78 is 11.1. The number of aromatic nitrogens is 6. The van der Waals surface area contributed by atoms with Gasteiger partial charge in [-0.3, -0.25) is 0 Å². The van der Waals surface area contributed by atoms with Gasteiger partial charge in [-0.2, -0.15) is 0 Å². The van der Waals surface area contributed by atoms with Crippen molar-refractivity contribution < 1.29 is 9.15 Å².